The van der Waals surface area contributed by atoms with Crippen LogP contribution in [0.1, 0.15) is 12.5 Å². The van der Waals surface area contributed by atoms with Gasteiger partial charge in [-0.25, -0.2) is 4.79 Å². The molecule has 0 amide bonds. The predicted molar refractivity (Wildman–Crippen MR) is 57.7 cm³/mol. The molecule has 0 radical (unpaired) electrons. The third kappa shape index (κ3) is 1.84. The Balaban J connectivity index is 2.33. The van der Waals surface area contributed by atoms with E-state index in [1.165, 1.54) is 10.6 Å². The average molecular weight is 223 g/mol. The summed E-state index contributed by atoms with van der Waals surface area (Å²) in [6.07, 6.45) is 2.91. The lowest BCUT2D eigenvalue weighted by molar-refractivity contribution is 0.181. The highest BCUT2D eigenvalue weighted by atomic mass is 16.3. The summed E-state index contributed by atoms with van der Waals surface area (Å²) in [6, 6.07) is 1.26. The zero-order valence-electron chi connectivity index (χ0n) is 8.58. The number of aromatic nitrogens is 2. The van der Waals surface area contributed by atoms with E-state index in [9.17, 15) is 9.90 Å². The zero-order chi connectivity index (χ0) is 11.7. The maximum absolute atomic E-state index is 11.5. The van der Waals surface area contributed by atoms with E-state index >= 15 is 0 Å². The molecule has 0 saturated heterocycles. The molecule has 1 aliphatic rings. The molecule has 16 heavy (non-hydrogen) atoms. The van der Waals surface area contributed by atoms with Gasteiger partial charge in [0.15, 0.2) is 0 Å². The first-order valence-corrected chi connectivity index (χ1v) is 4.96. The fourth-order valence-electron chi connectivity index (χ4n) is 1.84. The lowest BCUT2D eigenvalue weighted by Crippen LogP contribution is -2.26. The molecule has 86 valence electrons. The van der Waals surface area contributed by atoms with Crippen molar-refractivity contribution in [1.29, 1.82) is 0 Å². The summed E-state index contributed by atoms with van der Waals surface area (Å²) in [5.41, 5.74) is 5.46. The minimum atomic E-state index is -0.695. The van der Waals surface area contributed by atoms with E-state index < -0.39 is 11.8 Å². The van der Waals surface area contributed by atoms with Crippen molar-refractivity contribution in [2.45, 2.75) is 18.6 Å². The van der Waals surface area contributed by atoms with Crippen LogP contribution in [0.5, 0.6) is 0 Å². The van der Waals surface area contributed by atoms with E-state index in [4.69, 9.17) is 10.8 Å². The van der Waals surface area contributed by atoms with Gasteiger partial charge in [-0.1, -0.05) is 6.08 Å². The highest BCUT2D eigenvalue weighted by molar-refractivity contribution is 5.25. The van der Waals surface area contributed by atoms with Gasteiger partial charge in [0.05, 0.1) is 18.8 Å². The normalized spacial score (nSPS) is 24.5. The van der Waals surface area contributed by atoms with Gasteiger partial charge in [-0.2, -0.15) is 4.98 Å². The number of allylic oxidation sites excluding steroid dienone is 1. The van der Waals surface area contributed by atoms with Crippen LogP contribution in [0.25, 0.3) is 0 Å². The summed E-state index contributed by atoms with van der Waals surface area (Å²) < 4.78 is 1.39. The van der Waals surface area contributed by atoms with Crippen molar-refractivity contribution < 1.29 is 10.2 Å². The summed E-state index contributed by atoms with van der Waals surface area (Å²) in [6.45, 7) is -0.200. The van der Waals surface area contributed by atoms with Crippen LogP contribution >= 0.6 is 0 Å². The molecular weight excluding hydrogens is 210 g/mol. The average Bonchev–Trinajstić information content (AvgIpc) is 2.59. The quantitative estimate of drug-likeness (QED) is 0.561. The Bertz CT molecular complexity index is 480. The number of aliphatic hydroxyl groups is 2. The lowest BCUT2D eigenvalue weighted by Gasteiger charge is -2.11. The second-order valence-electron chi connectivity index (χ2n) is 3.76. The molecule has 1 aromatic heterocycles. The van der Waals surface area contributed by atoms with Crippen molar-refractivity contribution in [3.63, 3.8) is 0 Å². The first-order valence-electron chi connectivity index (χ1n) is 4.96. The molecule has 4 N–H and O–H groups in total. The Hall–Kier alpha value is -1.66. The van der Waals surface area contributed by atoms with Gasteiger partial charge in [0.25, 0.3) is 0 Å². The summed E-state index contributed by atoms with van der Waals surface area (Å²) in [5, 5.41) is 18.5. The molecule has 0 spiro atoms. The third-order valence-electron chi connectivity index (χ3n) is 2.69. The molecule has 0 bridgehead atoms. The number of nitrogen functional groups attached to an aromatic ring is 1. The molecular formula is C10H13N3O3. The Labute approximate surface area is 91.7 Å². The number of nitrogens with zero attached hydrogens (tertiary/aromatic N) is 2. The molecule has 6 nitrogen and oxygen atoms in total. The first kappa shape index (κ1) is 10.8. The van der Waals surface area contributed by atoms with Crippen molar-refractivity contribution in [2.24, 2.45) is 0 Å². The standard InChI is InChI=1S/C10H13N3O3/c11-9-1-2-13(10(16)12-9)7-3-6(5-14)8(15)4-7/h1-3,7-8,14-15H,4-5H2,(H2,11,12,16). The fraction of sp³-hybridized carbons (Fsp3) is 0.400. The summed E-state index contributed by atoms with van der Waals surface area (Å²) in [5.74, 6) is 0.172. The highest BCUT2D eigenvalue weighted by Crippen LogP contribution is 2.27. The molecule has 0 fully saturated rings. The molecule has 0 aromatic carbocycles. The fourth-order valence-corrected chi connectivity index (χ4v) is 1.84. The molecule has 2 atom stereocenters. The van der Waals surface area contributed by atoms with Crippen LogP contribution < -0.4 is 11.4 Å². The van der Waals surface area contributed by atoms with Gasteiger partial charge in [0.2, 0.25) is 0 Å². The smallest absolute Gasteiger partial charge is 0.350 e. The van der Waals surface area contributed by atoms with Gasteiger partial charge in [0.1, 0.15) is 5.82 Å². The van der Waals surface area contributed by atoms with E-state index in [1.54, 1.807) is 12.3 Å². The van der Waals surface area contributed by atoms with Gasteiger partial charge in [-0.15, -0.1) is 0 Å². The van der Waals surface area contributed by atoms with Gasteiger partial charge < -0.3 is 15.9 Å². The van der Waals surface area contributed by atoms with E-state index in [0.717, 1.165) is 0 Å². The van der Waals surface area contributed by atoms with Crippen molar-refractivity contribution >= 4 is 5.82 Å². The van der Waals surface area contributed by atoms with Gasteiger partial charge in [0, 0.05) is 12.6 Å². The van der Waals surface area contributed by atoms with Gasteiger partial charge in [-0.05, 0) is 11.6 Å². The topological polar surface area (TPSA) is 101 Å². The van der Waals surface area contributed by atoms with E-state index in [0.29, 0.717) is 12.0 Å². The minimum absolute atomic E-state index is 0.172. The number of anilines is 1. The van der Waals surface area contributed by atoms with E-state index in [1.807, 2.05) is 0 Å². The van der Waals surface area contributed by atoms with Crippen molar-refractivity contribution in [3.05, 3.63) is 34.4 Å². The predicted octanol–water partition coefficient (Wildman–Crippen LogP) is -0.950. The molecule has 1 heterocycles. The number of aliphatic hydroxyl groups excluding tert-OH is 2. The van der Waals surface area contributed by atoms with Crippen LogP contribution in [0, 0.1) is 0 Å². The number of hydrogen-bond donors (Lipinski definition) is 3. The molecule has 6 heteroatoms. The second-order valence-corrected chi connectivity index (χ2v) is 3.76. The van der Waals surface area contributed by atoms with E-state index in [2.05, 4.69) is 4.98 Å². The summed E-state index contributed by atoms with van der Waals surface area (Å²) in [7, 11) is 0. The highest BCUT2D eigenvalue weighted by Gasteiger charge is 2.25. The van der Waals surface area contributed by atoms with Crippen LogP contribution in [-0.2, 0) is 0 Å². The molecule has 0 aliphatic heterocycles. The Morgan fingerprint density at radius 1 is 1.62 bits per heavy atom. The second kappa shape index (κ2) is 4.07. The number of hydrogen-bond acceptors (Lipinski definition) is 5. The SMILES string of the molecule is Nc1ccn(C2C=C(CO)C(O)C2)c(=O)n1. The Morgan fingerprint density at radius 3 is 2.94 bits per heavy atom. The zero-order valence-corrected chi connectivity index (χ0v) is 8.58. The number of rotatable bonds is 2. The molecule has 1 aromatic rings. The van der Waals surface area contributed by atoms with Crippen LogP contribution in [0.4, 0.5) is 5.82 Å². The van der Waals surface area contributed by atoms with Crippen LogP contribution in [0.3, 0.4) is 0 Å². The van der Waals surface area contributed by atoms with Crippen LogP contribution in [0.15, 0.2) is 28.7 Å². The lowest BCUT2D eigenvalue weighted by atomic mass is 10.2. The third-order valence-corrected chi connectivity index (χ3v) is 2.69. The van der Waals surface area contributed by atoms with Crippen molar-refractivity contribution in [3.8, 4) is 0 Å². The molecule has 2 rings (SSSR count). The molecule has 1 aliphatic carbocycles. The van der Waals surface area contributed by atoms with Gasteiger partial charge >= 0.3 is 5.69 Å². The maximum atomic E-state index is 11.5. The largest absolute Gasteiger partial charge is 0.392 e. The monoisotopic (exact) mass is 223 g/mol. The Kier molecular flexibility index (Phi) is 2.76. The number of nitrogens with two attached hydrogens (primary N) is 1. The maximum Gasteiger partial charge on any atom is 0.350 e. The minimum Gasteiger partial charge on any atom is -0.392 e. The molecule has 2 unspecified atom stereocenters. The van der Waals surface area contributed by atoms with Crippen LogP contribution in [0.2, 0.25) is 0 Å². The van der Waals surface area contributed by atoms with Gasteiger partial charge in [-0.3, -0.25) is 4.57 Å². The Morgan fingerprint density at radius 2 is 2.38 bits per heavy atom. The molecule has 0 saturated carbocycles. The van der Waals surface area contributed by atoms with Crippen LogP contribution in [-0.4, -0.2) is 32.5 Å². The van der Waals surface area contributed by atoms with E-state index in [-0.39, 0.29) is 18.5 Å². The van der Waals surface area contributed by atoms with Crippen molar-refractivity contribution in [2.75, 3.05) is 12.3 Å². The summed E-state index contributed by atoms with van der Waals surface area (Å²) in [4.78, 5) is 15.1. The first-order chi connectivity index (χ1) is 7.61. The summed E-state index contributed by atoms with van der Waals surface area (Å²) >= 11 is 0. The van der Waals surface area contributed by atoms with Crippen molar-refractivity contribution in [1.82, 2.24) is 9.55 Å².